The number of nitrogens with zero attached hydrogens (tertiary/aromatic N) is 2. The minimum absolute atomic E-state index is 0.0471. The van der Waals surface area contributed by atoms with E-state index in [9.17, 15) is 34.1 Å². The third kappa shape index (κ3) is 6.02. The first-order valence-corrected chi connectivity index (χ1v) is 19.3. The third-order valence-corrected chi connectivity index (χ3v) is 13.3. The number of carbonyl (C=O) groups is 4. The van der Waals surface area contributed by atoms with E-state index in [0.717, 1.165) is 26.8 Å². The van der Waals surface area contributed by atoms with Gasteiger partial charge in [0.15, 0.2) is 18.1 Å². The van der Waals surface area contributed by atoms with Gasteiger partial charge >= 0.3 is 10.8 Å². The van der Waals surface area contributed by atoms with Crippen LogP contribution in [0.25, 0.3) is 0 Å². The Labute approximate surface area is 316 Å². The second kappa shape index (κ2) is 14.1. The van der Waals surface area contributed by atoms with Gasteiger partial charge in [0, 0.05) is 33.9 Å². The number of aromatic amines is 1. The molecule has 7 atom stereocenters. The van der Waals surface area contributed by atoms with E-state index in [4.69, 9.17) is 14.2 Å². The number of thiazole rings is 1. The number of benzene rings is 3. The molecule has 278 valence electrons. The Morgan fingerprint density at radius 3 is 2.33 bits per heavy atom. The number of ether oxygens (including phenoxy) is 3. The van der Waals surface area contributed by atoms with Crippen molar-refractivity contribution in [3.8, 4) is 11.5 Å². The van der Waals surface area contributed by atoms with Crippen LogP contribution in [0.4, 0.5) is 17.1 Å². The van der Waals surface area contributed by atoms with Gasteiger partial charge in [-0.15, -0.1) is 11.8 Å². The molecule has 0 spiro atoms. The fourth-order valence-electron chi connectivity index (χ4n) is 8.72. The molecule has 3 heterocycles. The Morgan fingerprint density at radius 2 is 1.65 bits per heavy atom. The summed E-state index contributed by atoms with van der Waals surface area (Å²) in [5.74, 6) is -2.37. The third-order valence-electron chi connectivity index (χ3n) is 10.7. The highest BCUT2D eigenvalue weighted by molar-refractivity contribution is 8.00. The highest BCUT2D eigenvalue weighted by Crippen LogP contribution is 2.69. The van der Waals surface area contributed by atoms with Gasteiger partial charge in [0.25, 0.3) is 11.6 Å². The Kier molecular flexibility index (Phi) is 9.26. The molecule has 2 saturated carbocycles. The monoisotopic (exact) mass is 770 g/mol. The maximum Gasteiger partial charge on any atom is 0.338 e. The highest BCUT2D eigenvalue weighted by atomic mass is 32.2. The SMILES string of the molecule is CCOC(=O)c1ccc(NC(=O)COc2ccc([C@H]3c4sc(=O)[nH]c4SC4C5CC(C6C(=O)N(c7ccc([N+](=O)[O-])cc7)C(=O)C56)C43)cc2OCC)cc1. The predicted molar refractivity (Wildman–Crippen MR) is 198 cm³/mol. The van der Waals surface area contributed by atoms with Crippen molar-refractivity contribution in [1.82, 2.24) is 4.98 Å². The average molecular weight is 771 g/mol. The van der Waals surface area contributed by atoms with E-state index in [-0.39, 0.29) is 64.5 Å². The zero-order chi connectivity index (χ0) is 37.8. The second-order valence-corrected chi connectivity index (χ2v) is 15.7. The summed E-state index contributed by atoms with van der Waals surface area (Å²) in [7, 11) is 0. The Bertz CT molecular complexity index is 2240. The van der Waals surface area contributed by atoms with Crippen molar-refractivity contribution < 1.29 is 38.3 Å². The van der Waals surface area contributed by atoms with Crippen LogP contribution in [0.1, 0.15) is 47.0 Å². The van der Waals surface area contributed by atoms with E-state index in [1.807, 2.05) is 19.1 Å². The number of fused-ring (bicyclic) bond motifs is 9. The lowest BCUT2D eigenvalue weighted by molar-refractivity contribution is -0.384. The Hall–Kier alpha value is -5.48. The molecular weight excluding hydrogens is 737 g/mol. The number of thioether (sulfide) groups is 1. The molecule has 0 radical (unpaired) electrons. The van der Waals surface area contributed by atoms with Crippen LogP contribution in [0, 0.1) is 39.7 Å². The fourth-order valence-corrected chi connectivity index (χ4v) is 11.6. The normalized spacial score (nSPS) is 24.8. The fraction of sp³-hybridized carbons (Fsp3) is 0.342. The van der Waals surface area contributed by atoms with Crippen LogP contribution in [0.5, 0.6) is 11.5 Å². The highest BCUT2D eigenvalue weighted by Gasteiger charge is 2.69. The van der Waals surface area contributed by atoms with Crippen molar-refractivity contribution in [2.24, 2.45) is 29.6 Å². The molecule has 1 aromatic heterocycles. The van der Waals surface area contributed by atoms with Crippen LogP contribution in [0.15, 0.2) is 76.6 Å². The molecule has 8 rings (SSSR count). The minimum atomic E-state index is -0.548. The summed E-state index contributed by atoms with van der Waals surface area (Å²) in [6.07, 6.45) is 0.694. The van der Waals surface area contributed by atoms with E-state index < -0.39 is 28.6 Å². The topological polar surface area (TPSA) is 187 Å². The number of hydrogen-bond acceptors (Lipinski definition) is 12. The molecule has 14 nitrogen and oxygen atoms in total. The maximum atomic E-state index is 14.1. The molecule has 4 aliphatic rings. The van der Waals surface area contributed by atoms with Gasteiger partial charge in [-0.25, -0.2) is 4.79 Å². The molecule has 3 amide bonds. The number of amides is 3. The number of carbonyl (C=O) groups excluding carboxylic acids is 4. The number of rotatable bonds is 11. The molecule has 2 bridgehead atoms. The number of anilines is 2. The van der Waals surface area contributed by atoms with E-state index >= 15 is 0 Å². The number of nitrogens with one attached hydrogen (secondary N) is 2. The molecular formula is C38H34N4O10S2. The zero-order valence-electron chi connectivity index (χ0n) is 29.0. The lowest BCUT2D eigenvalue weighted by Crippen LogP contribution is -2.42. The smallest absolute Gasteiger partial charge is 0.338 e. The first-order valence-electron chi connectivity index (χ1n) is 17.6. The quantitative estimate of drug-likeness (QED) is 0.0835. The molecule has 54 heavy (non-hydrogen) atoms. The van der Waals surface area contributed by atoms with Crippen molar-refractivity contribution >= 4 is 63.9 Å². The van der Waals surface area contributed by atoms with Gasteiger partial charge in [-0.3, -0.25) is 34.2 Å². The van der Waals surface area contributed by atoms with Crippen molar-refractivity contribution in [2.45, 2.75) is 36.5 Å². The molecule has 16 heteroatoms. The standard InChI is InChI=1S/C38H34N4O10S2/c1-3-50-26-15-19(7-14-25(26)52-17-27(43)39-20-8-5-18(6-9-20)37(46)51-4-2)28-29-23-16-24(32(29)53-34-33(28)54-38(47)40-34)31-30(23)35(44)41(36(31)45)21-10-12-22(13-11-21)42(48)49/h5-15,23-24,28-32H,3-4,16-17H2,1-2H3,(H,39,43)(H,40,47)/t23?,24?,28-,29?,30?,31?,32?/m1/s1. The molecule has 4 aromatic rings. The van der Waals surface area contributed by atoms with Crippen LogP contribution >= 0.6 is 23.1 Å². The number of hydrogen-bond donors (Lipinski definition) is 2. The van der Waals surface area contributed by atoms with Crippen LogP contribution in [-0.2, 0) is 19.1 Å². The molecule has 1 saturated heterocycles. The van der Waals surface area contributed by atoms with Gasteiger partial charge in [-0.1, -0.05) is 17.4 Å². The summed E-state index contributed by atoms with van der Waals surface area (Å²) < 4.78 is 16.9. The van der Waals surface area contributed by atoms with Gasteiger partial charge in [0.1, 0.15) is 0 Å². The van der Waals surface area contributed by atoms with Crippen molar-refractivity contribution in [3.63, 3.8) is 0 Å². The lowest BCUT2D eigenvalue weighted by Gasteiger charge is -2.43. The largest absolute Gasteiger partial charge is 0.490 e. The summed E-state index contributed by atoms with van der Waals surface area (Å²) in [5.41, 5.74) is 1.89. The number of nitro groups is 1. The van der Waals surface area contributed by atoms with E-state index in [1.54, 1.807) is 49.0 Å². The predicted octanol–water partition coefficient (Wildman–Crippen LogP) is 5.62. The molecule has 6 unspecified atom stereocenters. The Morgan fingerprint density at radius 1 is 0.926 bits per heavy atom. The zero-order valence-corrected chi connectivity index (χ0v) is 30.6. The lowest BCUT2D eigenvalue weighted by atomic mass is 9.68. The van der Waals surface area contributed by atoms with Crippen LogP contribution in [0.3, 0.4) is 0 Å². The molecule has 2 aliphatic carbocycles. The van der Waals surface area contributed by atoms with Crippen molar-refractivity contribution in [1.29, 1.82) is 0 Å². The van der Waals surface area contributed by atoms with Crippen LogP contribution < -0.4 is 24.6 Å². The van der Waals surface area contributed by atoms with Crippen LogP contribution in [0.2, 0.25) is 0 Å². The second-order valence-electron chi connectivity index (χ2n) is 13.5. The maximum absolute atomic E-state index is 14.1. The van der Waals surface area contributed by atoms with Gasteiger partial charge in [-0.05, 0) is 92.1 Å². The van der Waals surface area contributed by atoms with Gasteiger partial charge in [-0.2, -0.15) is 0 Å². The minimum Gasteiger partial charge on any atom is -0.490 e. The number of non-ortho nitro benzene ring substituents is 1. The summed E-state index contributed by atoms with van der Waals surface area (Å²) in [4.78, 5) is 81.2. The number of H-pyrrole nitrogens is 1. The van der Waals surface area contributed by atoms with Crippen molar-refractivity contribution in [2.75, 3.05) is 30.0 Å². The van der Waals surface area contributed by atoms with Gasteiger partial charge in [0.05, 0.1) is 46.2 Å². The van der Waals surface area contributed by atoms with Crippen LogP contribution in [-0.4, -0.2) is 58.7 Å². The number of esters is 1. The van der Waals surface area contributed by atoms with E-state index in [0.29, 0.717) is 41.5 Å². The molecule has 3 aromatic carbocycles. The first kappa shape index (κ1) is 35.5. The van der Waals surface area contributed by atoms with E-state index in [1.165, 1.54) is 29.2 Å². The summed E-state index contributed by atoms with van der Waals surface area (Å²) in [6.45, 7) is 3.81. The number of imide groups is 1. The first-order chi connectivity index (χ1) is 26.1. The van der Waals surface area contributed by atoms with Gasteiger partial charge in [0.2, 0.25) is 11.8 Å². The molecule has 2 N–H and O–H groups in total. The molecule has 2 aliphatic heterocycles. The average Bonchev–Trinajstić information content (AvgIpc) is 3.90. The Balaban J connectivity index is 1.04. The van der Waals surface area contributed by atoms with Crippen molar-refractivity contribution in [3.05, 3.63) is 103 Å². The summed E-state index contributed by atoms with van der Waals surface area (Å²) >= 11 is 2.71. The number of aromatic nitrogens is 1. The molecule has 3 fully saturated rings. The van der Waals surface area contributed by atoms with Gasteiger partial charge < -0.3 is 24.5 Å². The van der Waals surface area contributed by atoms with E-state index in [2.05, 4.69) is 10.3 Å². The summed E-state index contributed by atoms with van der Waals surface area (Å²) in [5, 5.41) is 14.7. The summed E-state index contributed by atoms with van der Waals surface area (Å²) in [6, 6.07) is 17.3. The number of nitro benzene ring substituents is 1.